The molecule has 2 nitrogen and oxygen atoms in total. The van der Waals surface area contributed by atoms with E-state index < -0.39 is 0 Å². The zero-order valence-corrected chi connectivity index (χ0v) is 13.2. The second kappa shape index (κ2) is 5.82. The minimum atomic E-state index is -0.0968. The molecule has 1 aliphatic rings. The molecule has 1 aromatic carbocycles. The fourth-order valence-corrected chi connectivity index (χ4v) is 2.98. The molecule has 3 heteroatoms. The third-order valence-corrected chi connectivity index (χ3v) is 4.92. The molecule has 0 aliphatic carbocycles. The van der Waals surface area contributed by atoms with Crippen LogP contribution in [-0.4, -0.2) is 29.1 Å². The summed E-state index contributed by atoms with van der Waals surface area (Å²) in [6, 6.07) is 7.12. The Kier molecular flexibility index (Phi) is 4.50. The number of nitrogens with zero attached hydrogens (tertiary/aromatic N) is 1. The van der Waals surface area contributed by atoms with Gasteiger partial charge in [-0.05, 0) is 32.8 Å². The average Bonchev–Trinajstić information content (AvgIpc) is 2.44. The van der Waals surface area contributed by atoms with Crippen molar-refractivity contribution in [1.82, 2.24) is 10.2 Å². The van der Waals surface area contributed by atoms with Crippen LogP contribution in [-0.2, 0) is 6.54 Å². The molecule has 1 heterocycles. The number of nitrogens with one attached hydrogen (secondary N) is 1. The number of hydrogen-bond acceptors (Lipinski definition) is 2. The highest BCUT2D eigenvalue weighted by Gasteiger charge is 2.40. The first-order valence-electron chi connectivity index (χ1n) is 7.66. The molecule has 1 aromatic rings. The normalized spacial score (nSPS) is 21.9. The number of benzene rings is 1. The van der Waals surface area contributed by atoms with E-state index in [1.54, 1.807) is 12.1 Å². The maximum Gasteiger partial charge on any atom is 0.127 e. The Balaban J connectivity index is 2.20. The van der Waals surface area contributed by atoms with Crippen LogP contribution in [0.5, 0.6) is 0 Å². The molecule has 0 atom stereocenters. The van der Waals surface area contributed by atoms with Gasteiger partial charge in [-0.1, -0.05) is 32.0 Å². The highest BCUT2D eigenvalue weighted by molar-refractivity contribution is 5.18. The van der Waals surface area contributed by atoms with Crippen molar-refractivity contribution < 1.29 is 4.39 Å². The molecular weight excluding hydrogens is 251 g/mol. The lowest BCUT2D eigenvalue weighted by atomic mass is 9.84. The number of hydrogen-bond donors (Lipinski definition) is 1. The lowest BCUT2D eigenvalue weighted by Gasteiger charge is -2.52. The molecule has 112 valence electrons. The summed E-state index contributed by atoms with van der Waals surface area (Å²) < 4.78 is 13.9. The fourth-order valence-electron chi connectivity index (χ4n) is 2.98. The Bertz CT molecular complexity index is 452. The first-order valence-corrected chi connectivity index (χ1v) is 7.66. The van der Waals surface area contributed by atoms with Crippen molar-refractivity contribution in [3.63, 3.8) is 0 Å². The van der Waals surface area contributed by atoms with Gasteiger partial charge < -0.3 is 5.32 Å². The van der Waals surface area contributed by atoms with Gasteiger partial charge in [0.05, 0.1) is 0 Å². The SMILES string of the molecule is CCC1(CC)CN(Cc2ccccc2F)C(C)(C)CN1. The largest absolute Gasteiger partial charge is 0.308 e. The summed E-state index contributed by atoms with van der Waals surface area (Å²) in [5, 5.41) is 3.72. The standard InChI is InChI=1S/C17H27FN2/c1-5-17(6-2)13-20(16(3,4)12-19-17)11-14-9-7-8-10-15(14)18/h7-10,19H,5-6,11-13H2,1-4H3. The van der Waals surface area contributed by atoms with Gasteiger partial charge in [0.25, 0.3) is 0 Å². The minimum absolute atomic E-state index is 0.0517. The molecule has 2 rings (SSSR count). The Hall–Kier alpha value is -0.930. The molecule has 1 aliphatic heterocycles. The summed E-state index contributed by atoms with van der Waals surface area (Å²) in [7, 11) is 0. The molecule has 1 N–H and O–H groups in total. The molecular formula is C17H27FN2. The molecule has 0 saturated carbocycles. The van der Waals surface area contributed by atoms with Crippen molar-refractivity contribution in [2.24, 2.45) is 0 Å². The van der Waals surface area contributed by atoms with Crippen molar-refractivity contribution in [2.75, 3.05) is 13.1 Å². The third-order valence-electron chi connectivity index (χ3n) is 4.92. The van der Waals surface area contributed by atoms with E-state index in [0.717, 1.165) is 31.5 Å². The second-order valence-electron chi connectivity index (χ2n) is 6.60. The maximum atomic E-state index is 13.9. The van der Waals surface area contributed by atoms with Crippen LogP contribution >= 0.6 is 0 Å². The van der Waals surface area contributed by atoms with Gasteiger partial charge in [-0.15, -0.1) is 0 Å². The maximum absolute atomic E-state index is 13.9. The predicted molar refractivity (Wildman–Crippen MR) is 82.2 cm³/mol. The van der Waals surface area contributed by atoms with Gasteiger partial charge in [0.2, 0.25) is 0 Å². The Labute approximate surface area is 122 Å². The first-order chi connectivity index (χ1) is 9.42. The van der Waals surface area contributed by atoms with E-state index in [4.69, 9.17) is 0 Å². The second-order valence-corrected chi connectivity index (χ2v) is 6.60. The van der Waals surface area contributed by atoms with Crippen molar-refractivity contribution in [3.8, 4) is 0 Å². The quantitative estimate of drug-likeness (QED) is 0.906. The van der Waals surface area contributed by atoms with E-state index in [1.807, 2.05) is 12.1 Å². The number of halogens is 1. The van der Waals surface area contributed by atoms with E-state index >= 15 is 0 Å². The van der Waals surface area contributed by atoms with E-state index in [1.165, 1.54) is 0 Å². The van der Waals surface area contributed by atoms with Crippen LogP contribution in [0.25, 0.3) is 0 Å². The Morgan fingerprint density at radius 3 is 2.45 bits per heavy atom. The van der Waals surface area contributed by atoms with Crippen LogP contribution in [0.2, 0.25) is 0 Å². The first kappa shape index (κ1) is 15.5. The molecule has 0 radical (unpaired) electrons. The van der Waals surface area contributed by atoms with Gasteiger partial charge in [-0.2, -0.15) is 0 Å². The molecule has 1 fully saturated rings. The molecule has 1 saturated heterocycles. The Morgan fingerprint density at radius 1 is 1.20 bits per heavy atom. The lowest BCUT2D eigenvalue weighted by Crippen LogP contribution is -2.67. The number of piperazine rings is 1. The van der Waals surface area contributed by atoms with Crippen molar-refractivity contribution in [1.29, 1.82) is 0 Å². The summed E-state index contributed by atoms with van der Waals surface area (Å²) in [5.41, 5.74) is 1.01. The van der Waals surface area contributed by atoms with Crippen LogP contribution in [0.15, 0.2) is 24.3 Å². The van der Waals surface area contributed by atoms with Crippen LogP contribution in [0.3, 0.4) is 0 Å². The zero-order valence-electron chi connectivity index (χ0n) is 13.2. The van der Waals surface area contributed by atoms with E-state index in [9.17, 15) is 4.39 Å². The summed E-state index contributed by atoms with van der Waals surface area (Å²) in [5.74, 6) is -0.0968. The van der Waals surface area contributed by atoms with Crippen molar-refractivity contribution >= 4 is 0 Å². The van der Waals surface area contributed by atoms with Gasteiger partial charge >= 0.3 is 0 Å². The van der Waals surface area contributed by atoms with Gasteiger partial charge in [-0.25, -0.2) is 4.39 Å². The topological polar surface area (TPSA) is 15.3 Å². The van der Waals surface area contributed by atoms with Crippen LogP contribution < -0.4 is 5.32 Å². The zero-order chi connectivity index (χ0) is 14.8. The highest BCUT2D eigenvalue weighted by atomic mass is 19.1. The van der Waals surface area contributed by atoms with Crippen LogP contribution in [0.4, 0.5) is 4.39 Å². The van der Waals surface area contributed by atoms with E-state index in [-0.39, 0.29) is 16.9 Å². The van der Waals surface area contributed by atoms with Gasteiger partial charge in [0.1, 0.15) is 5.82 Å². The predicted octanol–water partition coefficient (Wildman–Crippen LogP) is 3.57. The summed E-state index contributed by atoms with van der Waals surface area (Å²) in [6.07, 6.45) is 2.21. The van der Waals surface area contributed by atoms with E-state index in [0.29, 0.717) is 6.54 Å². The smallest absolute Gasteiger partial charge is 0.127 e. The molecule has 0 amide bonds. The minimum Gasteiger partial charge on any atom is -0.308 e. The molecule has 0 spiro atoms. The monoisotopic (exact) mass is 278 g/mol. The van der Waals surface area contributed by atoms with Crippen molar-refractivity contribution in [3.05, 3.63) is 35.6 Å². The van der Waals surface area contributed by atoms with Crippen LogP contribution in [0, 0.1) is 5.82 Å². The third kappa shape index (κ3) is 3.04. The van der Waals surface area contributed by atoms with Crippen molar-refractivity contribution in [2.45, 2.75) is 58.2 Å². The van der Waals surface area contributed by atoms with Gasteiger partial charge in [0, 0.05) is 36.3 Å². The average molecular weight is 278 g/mol. The summed E-state index contributed by atoms with van der Waals surface area (Å²) in [6.45, 7) is 11.5. The molecule has 0 aromatic heterocycles. The summed E-state index contributed by atoms with van der Waals surface area (Å²) >= 11 is 0. The molecule has 0 bridgehead atoms. The lowest BCUT2D eigenvalue weighted by molar-refractivity contribution is 0.0154. The van der Waals surface area contributed by atoms with Gasteiger partial charge in [0.15, 0.2) is 0 Å². The molecule has 0 unspecified atom stereocenters. The fraction of sp³-hybridized carbons (Fsp3) is 0.647. The Morgan fingerprint density at radius 2 is 1.85 bits per heavy atom. The van der Waals surface area contributed by atoms with Gasteiger partial charge in [-0.3, -0.25) is 4.90 Å². The highest BCUT2D eigenvalue weighted by Crippen LogP contribution is 2.29. The molecule has 20 heavy (non-hydrogen) atoms. The van der Waals surface area contributed by atoms with Crippen LogP contribution in [0.1, 0.15) is 46.1 Å². The summed E-state index contributed by atoms with van der Waals surface area (Å²) in [4.78, 5) is 2.43. The van der Waals surface area contributed by atoms with E-state index in [2.05, 4.69) is 37.9 Å². The number of rotatable bonds is 4.